The molecule has 2 aliphatic rings. The van der Waals surface area contributed by atoms with E-state index in [0.717, 1.165) is 68.3 Å². The second-order valence-electron chi connectivity index (χ2n) is 12.5. The minimum Gasteiger partial charge on any atom is -0.492 e. The van der Waals surface area contributed by atoms with E-state index in [4.69, 9.17) is 34.0 Å². The molecule has 1 amide bonds. The fourth-order valence-corrected chi connectivity index (χ4v) is 7.42. The van der Waals surface area contributed by atoms with E-state index in [0.29, 0.717) is 39.2 Å². The highest BCUT2D eigenvalue weighted by Gasteiger charge is 2.20. The van der Waals surface area contributed by atoms with Gasteiger partial charge >= 0.3 is 11.9 Å². The first-order chi connectivity index (χ1) is 24.8. The molecule has 51 heavy (non-hydrogen) atoms. The summed E-state index contributed by atoms with van der Waals surface area (Å²) in [6.07, 6.45) is 6.44. The molecular formula is C39H46N2O9S. The van der Waals surface area contributed by atoms with Crippen molar-refractivity contribution in [3.05, 3.63) is 77.9 Å². The molecule has 0 spiro atoms. The van der Waals surface area contributed by atoms with Crippen molar-refractivity contribution in [2.75, 3.05) is 59.2 Å². The molecule has 3 aromatic carbocycles. The van der Waals surface area contributed by atoms with Crippen LogP contribution >= 0.6 is 11.3 Å². The Labute approximate surface area is 302 Å². The zero-order valence-electron chi connectivity index (χ0n) is 28.8. The van der Waals surface area contributed by atoms with Crippen LogP contribution in [-0.4, -0.2) is 102 Å². The van der Waals surface area contributed by atoms with Gasteiger partial charge in [-0.15, -0.1) is 11.3 Å². The molecule has 0 saturated carbocycles. The second-order valence-corrected chi connectivity index (χ2v) is 13.6. The number of rotatable bonds is 16. The minimum atomic E-state index is -1.82. The van der Waals surface area contributed by atoms with Gasteiger partial charge in [-0.3, -0.25) is 9.69 Å². The number of likely N-dealkylation sites (tertiary alicyclic amines) is 2. The van der Waals surface area contributed by atoms with Crippen LogP contribution in [-0.2, 0) is 20.8 Å². The molecule has 0 atom stereocenters. The van der Waals surface area contributed by atoms with E-state index >= 15 is 0 Å². The quantitative estimate of drug-likeness (QED) is 0.0940. The van der Waals surface area contributed by atoms with Gasteiger partial charge in [-0.25, -0.2) is 9.59 Å². The number of aliphatic hydroxyl groups is 1. The smallest absolute Gasteiger partial charge is 0.414 e. The van der Waals surface area contributed by atoms with Crippen LogP contribution in [0.25, 0.3) is 20.5 Å². The number of aliphatic carboxylic acids is 2. The fourth-order valence-electron chi connectivity index (χ4n) is 6.20. The Morgan fingerprint density at radius 1 is 0.765 bits per heavy atom. The number of amides is 1. The van der Waals surface area contributed by atoms with E-state index in [9.17, 15) is 9.90 Å². The van der Waals surface area contributed by atoms with Crippen LogP contribution in [0.15, 0.2) is 66.7 Å². The second kappa shape index (κ2) is 19.1. The summed E-state index contributed by atoms with van der Waals surface area (Å²) in [6.45, 7) is 6.55. The van der Waals surface area contributed by atoms with Crippen LogP contribution in [0.3, 0.4) is 0 Å². The van der Waals surface area contributed by atoms with Gasteiger partial charge in [0, 0.05) is 35.7 Å². The van der Waals surface area contributed by atoms with E-state index in [1.54, 1.807) is 0 Å². The van der Waals surface area contributed by atoms with Crippen molar-refractivity contribution >= 4 is 39.3 Å². The van der Waals surface area contributed by atoms with E-state index < -0.39 is 11.9 Å². The highest BCUT2D eigenvalue weighted by molar-refractivity contribution is 7.22. The summed E-state index contributed by atoms with van der Waals surface area (Å²) in [5, 5.41) is 25.3. The largest absolute Gasteiger partial charge is 0.492 e. The molecule has 11 nitrogen and oxygen atoms in total. The summed E-state index contributed by atoms with van der Waals surface area (Å²) in [7, 11) is 0. The normalized spacial score (nSPS) is 14.4. The maximum Gasteiger partial charge on any atom is 0.414 e. The van der Waals surface area contributed by atoms with Crippen LogP contribution in [0.5, 0.6) is 17.2 Å². The third-order valence-corrected chi connectivity index (χ3v) is 10.1. The Morgan fingerprint density at radius 3 is 2.20 bits per heavy atom. The lowest BCUT2D eigenvalue weighted by atomic mass is 9.98. The molecule has 0 unspecified atom stereocenters. The van der Waals surface area contributed by atoms with Gasteiger partial charge in [0.1, 0.15) is 19.0 Å². The predicted octanol–water partition coefficient (Wildman–Crippen LogP) is 5.94. The number of hydrogen-bond donors (Lipinski definition) is 3. The van der Waals surface area contributed by atoms with E-state index in [2.05, 4.69) is 59.5 Å². The molecule has 1 aromatic heterocycles. The SMILES string of the molecule is O=C(O)C(=O)O.O=C1CCCN1CCOc1ccc(Cc2c(-c3ccc(OCCN4CCCC4)c(OCCCCO)c3)sc3ccccc23)cc1. The average molecular weight is 719 g/mol. The van der Waals surface area contributed by atoms with Gasteiger partial charge < -0.3 is 34.4 Å². The standard InChI is InChI=1S/C37H44N2O5S.C2H2O4/c40-22-5-6-23-43-34-27-29(13-16-33(34)44-24-20-38-17-3-4-18-38)37-32(31-8-1-2-9-35(31)45-37)26-28-11-14-30(15-12-28)42-25-21-39-19-7-10-36(39)41;3-1(4)2(5)6/h1-2,8-9,11-16,27,40H,3-7,10,17-26H2;(H,3,4)(H,5,6). The monoisotopic (exact) mass is 718 g/mol. The summed E-state index contributed by atoms with van der Waals surface area (Å²) >= 11 is 1.81. The summed E-state index contributed by atoms with van der Waals surface area (Å²) in [6, 6.07) is 23.3. The summed E-state index contributed by atoms with van der Waals surface area (Å²) in [5.41, 5.74) is 3.63. The van der Waals surface area contributed by atoms with Crippen molar-refractivity contribution < 1.29 is 43.9 Å². The number of carbonyl (C=O) groups excluding carboxylic acids is 1. The van der Waals surface area contributed by atoms with Gasteiger partial charge in [0.2, 0.25) is 5.91 Å². The van der Waals surface area contributed by atoms with Crippen molar-refractivity contribution in [2.45, 2.75) is 44.9 Å². The van der Waals surface area contributed by atoms with Gasteiger partial charge in [-0.1, -0.05) is 30.3 Å². The van der Waals surface area contributed by atoms with Crippen molar-refractivity contribution in [3.63, 3.8) is 0 Å². The van der Waals surface area contributed by atoms with Gasteiger partial charge in [0.05, 0.1) is 13.2 Å². The van der Waals surface area contributed by atoms with Gasteiger partial charge in [-0.2, -0.15) is 0 Å². The van der Waals surface area contributed by atoms with Crippen LogP contribution in [0, 0.1) is 0 Å². The Kier molecular flexibility index (Phi) is 14.1. The Morgan fingerprint density at radius 2 is 1.49 bits per heavy atom. The number of nitrogens with zero attached hydrogens (tertiary/aromatic N) is 2. The maximum absolute atomic E-state index is 11.9. The number of ether oxygens (including phenoxy) is 3. The molecule has 0 aliphatic carbocycles. The number of aliphatic hydroxyl groups excluding tert-OH is 1. The zero-order valence-corrected chi connectivity index (χ0v) is 29.6. The number of thiophene rings is 1. The Balaban J connectivity index is 0.000000774. The van der Waals surface area contributed by atoms with Gasteiger partial charge in [0.25, 0.3) is 0 Å². The first-order valence-corrected chi connectivity index (χ1v) is 18.3. The number of carboxylic acid groups (broad SMARTS) is 2. The predicted molar refractivity (Wildman–Crippen MR) is 196 cm³/mol. The van der Waals surface area contributed by atoms with Crippen LogP contribution in [0.1, 0.15) is 49.7 Å². The molecule has 272 valence electrons. The van der Waals surface area contributed by atoms with Crippen molar-refractivity contribution in [3.8, 4) is 27.7 Å². The average Bonchev–Trinajstić information content (AvgIpc) is 3.89. The molecule has 6 rings (SSSR count). The van der Waals surface area contributed by atoms with Crippen LogP contribution in [0.2, 0.25) is 0 Å². The number of unbranched alkanes of at least 4 members (excludes halogenated alkanes) is 1. The van der Waals surface area contributed by atoms with E-state index in [1.165, 1.54) is 38.9 Å². The molecular weight excluding hydrogens is 673 g/mol. The van der Waals surface area contributed by atoms with Gasteiger partial charge in [0.15, 0.2) is 11.5 Å². The molecule has 2 aliphatic heterocycles. The molecule has 0 radical (unpaired) electrons. The topological polar surface area (TPSA) is 146 Å². The fraction of sp³-hybridized carbons (Fsp3) is 0.410. The van der Waals surface area contributed by atoms with Crippen molar-refractivity contribution in [2.24, 2.45) is 0 Å². The van der Waals surface area contributed by atoms with Crippen LogP contribution < -0.4 is 14.2 Å². The molecule has 2 fully saturated rings. The first-order valence-electron chi connectivity index (χ1n) is 17.5. The molecule has 3 N–H and O–H groups in total. The number of carbonyl (C=O) groups is 3. The number of benzene rings is 3. The third-order valence-electron chi connectivity index (χ3n) is 8.87. The van der Waals surface area contributed by atoms with E-state index in [1.807, 2.05) is 28.4 Å². The highest BCUT2D eigenvalue weighted by atomic mass is 32.1. The number of carboxylic acids is 2. The molecule has 3 heterocycles. The minimum absolute atomic E-state index is 0.167. The lowest BCUT2D eigenvalue weighted by Crippen LogP contribution is -2.29. The summed E-state index contributed by atoms with van der Waals surface area (Å²) < 4.78 is 19.7. The van der Waals surface area contributed by atoms with Crippen molar-refractivity contribution in [1.82, 2.24) is 9.80 Å². The summed E-state index contributed by atoms with van der Waals surface area (Å²) in [4.78, 5) is 35.6. The molecule has 0 bridgehead atoms. The van der Waals surface area contributed by atoms with Crippen LogP contribution in [0.4, 0.5) is 0 Å². The number of hydrogen-bond acceptors (Lipinski definition) is 9. The summed E-state index contributed by atoms with van der Waals surface area (Å²) in [5.74, 6) is -1.07. The maximum atomic E-state index is 11.9. The highest BCUT2D eigenvalue weighted by Crippen LogP contribution is 2.42. The Bertz CT molecular complexity index is 1740. The zero-order chi connectivity index (χ0) is 36.0. The lowest BCUT2D eigenvalue weighted by molar-refractivity contribution is -0.159. The van der Waals surface area contributed by atoms with E-state index in [-0.39, 0.29) is 12.5 Å². The molecule has 2 saturated heterocycles. The first kappa shape index (κ1) is 37.6. The third kappa shape index (κ3) is 10.9. The molecule has 4 aromatic rings. The molecule has 12 heteroatoms. The number of fused-ring (bicyclic) bond motifs is 1. The van der Waals surface area contributed by atoms with Crippen molar-refractivity contribution in [1.29, 1.82) is 0 Å². The van der Waals surface area contributed by atoms with Gasteiger partial charge in [-0.05, 0) is 110 Å². The Hall–Kier alpha value is -4.65. The lowest BCUT2D eigenvalue weighted by Gasteiger charge is -2.18.